The molecule has 21 heavy (non-hydrogen) atoms. The maximum atomic E-state index is 11.1. The molecule has 0 fully saturated rings. The van der Waals surface area contributed by atoms with E-state index >= 15 is 0 Å². The van der Waals surface area contributed by atoms with Crippen LogP contribution in [0.2, 0.25) is 0 Å². The standard InChI is InChI=1S/C15H30O5S/c1-3-4-5-6-8-17-10-12-19-13-11-18-9-7-14(2)15(16)20-21/h14,21H,3-13H2,1-2H3. The highest BCUT2D eigenvalue weighted by molar-refractivity contribution is 7.75. The molecule has 0 aromatic carbocycles. The number of unbranched alkanes of at least 4 members (excludes halogenated alkanes) is 3. The van der Waals surface area contributed by atoms with E-state index in [9.17, 15) is 4.79 Å². The molecule has 0 aliphatic carbocycles. The van der Waals surface area contributed by atoms with Crippen LogP contribution in [0, 0.1) is 5.92 Å². The zero-order valence-electron chi connectivity index (χ0n) is 13.3. The zero-order chi connectivity index (χ0) is 15.8. The second-order valence-corrected chi connectivity index (χ2v) is 5.18. The summed E-state index contributed by atoms with van der Waals surface area (Å²) in [7, 11) is 0. The molecule has 0 saturated heterocycles. The third-order valence-corrected chi connectivity index (χ3v) is 3.25. The van der Waals surface area contributed by atoms with Crippen LogP contribution in [-0.2, 0) is 23.2 Å². The summed E-state index contributed by atoms with van der Waals surface area (Å²) in [5.41, 5.74) is 0. The van der Waals surface area contributed by atoms with Gasteiger partial charge >= 0.3 is 5.97 Å². The van der Waals surface area contributed by atoms with Gasteiger partial charge in [0.2, 0.25) is 0 Å². The van der Waals surface area contributed by atoms with Gasteiger partial charge in [0, 0.05) is 26.1 Å². The first kappa shape index (κ1) is 20.7. The van der Waals surface area contributed by atoms with Crippen molar-refractivity contribution in [2.45, 2.75) is 46.0 Å². The number of rotatable bonds is 15. The Hall–Kier alpha value is -0.300. The van der Waals surface area contributed by atoms with Crippen molar-refractivity contribution >= 4 is 18.9 Å². The fraction of sp³-hybridized carbons (Fsp3) is 0.933. The fourth-order valence-corrected chi connectivity index (χ4v) is 1.82. The topological polar surface area (TPSA) is 54.0 Å². The lowest BCUT2D eigenvalue weighted by Crippen LogP contribution is -2.15. The molecular weight excluding hydrogens is 292 g/mol. The number of hydrogen-bond acceptors (Lipinski definition) is 6. The van der Waals surface area contributed by atoms with E-state index in [-0.39, 0.29) is 11.9 Å². The van der Waals surface area contributed by atoms with Crippen molar-refractivity contribution in [3.63, 3.8) is 0 Å². The smallest absolute Gasteiger partial charge is 0.320 e. The van der Waals surface area contributed by atoms with Crippen molar-refractivity contribution in [3.05, 3.63) is 0 Å². The molecule has 0 spiro atoms. The number of carbonyl (C=O) groups is 1. The normalized spacial score (nSPS) is 12.3. The molecule has 0 aliphatic heterocycles. The van der Waals surface area contributed by atoms with Crippen LogP contribution in [0.15, 0.2) is 0 Å². The van der Waals surface area contributed by atoms with Gasteiger partial charge in [0.05, 0.1) is 32.3 Å². The van der Waals surface area contributed by atoms with Gasteiger partial charge in [-0.15, -0.1) is 0 Å². The fourth-order valence-electron chi connectivity index (χ4n) is 1.64. The highest BCUT2D eigenvalue weighted by Gasteiger charge is 2.12. The van der Waals surface area contributed by atoms with Crippen LogP contribution in [-0.4, -0.2) is 45.6 Å². The van der Waals surface area contributed by atoms with E-state index in [0.717, 1.165) is 13.0 Å². The number of carbonyl (C=O) groups excluding carboxylic acids is 1. The number of hydrogen-bond donors (Lipinski definition) is 1. The molecule has 126 valence electrons. The van der Waals surface area contributed by atoms with Gasteiger partial charge in [-0.05, 0) is 12.8 Å². The third-order valence-electron chi connectivity index (χ3n) is 3.07. The summed E-state index contributed by atoms with van der Waals surface area (Å²) in [4.78, 5) is 11.1. The van der Waals surface area contributed by atoms with Gasteiger partial charge in [-0.3, -0.25) is 4.79 Å². The molecular formula is C15H30O5S. The molecule has 0 rings (SSSR count). The minimum atomic E-state index is -0.325. The highest BCUT2D eigenvalue weighted by Crippen LogP contribution is 2.05. The molecule has 0 heterocycles. The lowest BCUT2D eigenvalue weighted by Gasteiger charge is -2.09. The molecule has 6 heteroatoms. The first-order chi connectivity index (χ1) is 10.2. The average Bonchev–Trinajstić information content (AvgIpc) is 2.50. The van der Waals surface area contributed by atoms with E-state index in [2.05, 4.69) is 24.0 Å². The molecule has 1 atom stereocenters. The molecule has 0 bridgehead atoms. The van der Waals surface area contributed by atoms with Gasteiger partial charge in [0.1, 0.15) is 0 Å². The molecule has 1 unspecified atom stereocenters. The van der Waals surface area contributed by atoms with E-state index in [1.54, 1.807) is 6.92 Å². The van der Waals surface area contributed by atoms with Crippen LogP contribution in [0.25, 0.3) is 0 Å². The predicted molar refractivity (Wildman–Crippen MR) is 85.5 cm³/mol. The summed E-state index contributed by atoms with van der Waals surface area (Å²) in [5, 5.41) is 0. The second-order valence-electron chi connectivity index (χ2n) is 5.00. The average molecular weight is 322 g/mol. The Morgan fingerprint density at radius 1 is 0.905 bits per heavy atom. The molecule has 0 radical (unpaired) electrons. The van der Waals surface area contributed by atoms with Crippen LogP contribution in [0.3, 0.4) is 0 Å². The van der Waals surface area contributed by atoms with Gasteiger partial charge in [-0.2, -0.15) is 0 Å². The van der Waals surface area contributed by atoms with Gasteiger partial charge in [-0.1, -0.05) is 33.1 Å². The van der Waals surface area contributed by atoms with Crippen LogP contribution in [0.1, 0.15) is 46.0 Å². The van der Waals surface area contributed by atoms with Gasteiger partial charge in [0.25, 0.3) is 0 Å². The highest BCUT2D eigenvalue weighted by atomic mass is 32.1. The van der Waals surface area contributed by atoms with Gasteiger partial charge in [0.15, 0.2) is 0 Å². The Labute approximate surface area is 134 Å². The molecule has 0 aromatic rings. The molecule has 0 N–H and O–H groups in total. The van der Waals surface area contributed by atoms with Crippen LogP contribution < -0.4 is 0 Å². The van der Waals surface area contributed by atoms with Gasteiger partial charge in [-0.25, -0.2) is 0 Å². The number of ether oxygens (including phenoxy) is 3. The van der Waals surface area contributed by atoms with Crippen molar-refractivity contribution in [2.24, 2.45) is 5.92 Å². The zero-order valence-corrected chi connectivity index (χ0v) is 14.2. The monoisotopic (exact) mass is 322 g/mol. The van der Waals surface area contributed by atoms with E-state index < -0.39 is 0 Å². The van der Waals surface area contributed by atoms with Crippen molar-refractivity contribution in [1.82, 2.24) is 0 Å². The van der Waals surface area contributed by atoms with Crippen LogP contribution in [0.5, 0.6) is 0 Å². The molecule has 0 saturated carbocycles. The van der Waals surface area contributed by atoms with Crippen molar-refractivity contribution in [3.8, 4) is 0 Å². The Morgan fingerprint density at radius 3 is 2.05 bits per heavy atom. The van der Waals surface area contributed by atoms with E-state index in [4.69, 9.17) is 14.2 Å². The third kappa shape index (κ3) is 14.4. The minimum Gasteiger partial charge on any atom is -0.394 e. The van der Waals surface area contributed by atoms with E-state index in [0.29, 0.717) is 39.5 Å². The molecule has 0 aromatic heterocycles. The van der Waals surface area contributed by atoms with Crippen molar-refractivity contribution in [1.29, 1.82) is 0 Å². The lowest BCUT2D eigenvalue weighted by atomic mass is 10.1. The predicted octanol–water partition coefficient (Wildman–Crippen LogP) is 3.03. The molecule has 5 nitrogen and oxygen atoms in total. The summed E-state index contributed by atoms with van der Waals surface area (Å²) in [6, 6.07) is 0. The number of thiol groups is 1. The Morgan fingerprint density at radius 2 is 1.48 bits per heavy atom. The summed E-state index contributed by atoms with van der Waals surface area (Å²) in [6.07, 6.45) is 5.52. The Bertz CT molecular complexity index is 238. The van der Waals surface area contributed by atoms with Crippen LogP contribution in [0.4, 0.5) is 0 Å². The van der Waals surface area contributed by atoms with Crippen LogP contribution >= 0.6 is 12.9 Å². The lowest BCUT2D eigenvalue weighted by molar-refractivity contribution is -0.137. The minimum absolute atomic E-state index is 0.190. The van der Waals surface area contributed by atoms with Crippen molar-refractivity contribution in [2.75, 3.05) is 39.6 Å². The second kappa shape index (κ2) is 16.1. The molecule has 0 amide bonds. The quantitative estimate of drug-likeness (QED) is 0.285. The van der Waals surface area contributed by atoms with Crippen molar-refractivity contribution < 1.29 is 23.2 Å². The van der Waals surface area contributed by atoms with Gasteiger partial charge < -0.3 is 18.4 Å². The van der Waals surface area contributed by atoms with E-state index in [1.165, 1.54) is 19.3 Å². The summed E-state index contributed by atoms with van der Waals surface area (Å²) >= 11 is 3.48. The first-order valence-electron chi connectivity index (χ1n) is 7.80. The molecule has 0 aliphatic rings. The SMILES string of the molecule is CCCCCCOCCOCCOCCC(C)C(=O)OS. The maximum Gasteiger partial charge on any atom is 0.320 e. The van der Waals surface area contributed by atoms with E-state index in [1.807, 2.05) is 0 Å². The maximum absolute atomic E-state index is 11.1. The first-order valence-corrected chi connectivity index (χ1v) is 8.17. The summed E-state index contributed by atoms with van der Waals surface area (Å²) in [6.45, 7) is 7.63. The Balaban J connectivity index is 3.11. The Kier molecular flexibility index (Phi) is 15.8. The summed E-state index contributed by atoms with van der Waals surface area (Å²) in [5.74, 6) is -0.515. The summed E-state index contributed by atoms with van der Waals surface area (Å²) < 4.78 is 20.5. The largest absolute Gasteiger partial charge is 0.394 e.